The molecule has 0 radical (unpaired) electrons. The molecule has 0 atom stereocenters. The van der Waals surface area contributed by atoms with Crippen molar-refractivity contribution in [3.05, 3.63) is 18.0 Å². The molecule has 10 heteroatoms. The molecule has 1 aromatic rings. The maximum Gasteiger partial charge on any atom is 0.281 e. The highest BCUT2D eigenvalue weighted by molar-refractivity contribution is 7.86. The molecule has 9 nitrogen and oxygen atoms in total. The Labute approximate surface area is 149 Å². The van der Waals surface area contributed by atoms with Gasteiger partial charge >= 0.3 is 0 Å². The first-order chi connectivity index (χ1) is 11.8. The zero-order chi connectivity index (χ0) is 18.4. The molecule has 142 valence electrons. The largest absolute Gasteiger partial charge is 0.381 e. The van der Waals surface area contributed by atoms with Gasteiger partial charge in [-0.15, -0.1) is 0 Å². The molecule has 25 heavy (non-hydrogen) atoms. The van der Waals surface area contributed by atoms with Crippen LogP contribution in [-0.2, 0) is 26.3 Å². The highest BCUT2D eigenvalue weighted by atomic mass is 32.2. The molecule has 2 rings (SSSR count). The van der Waals surface area contributed by atoms with Crippen molar-refractivity contribution in [3.63, 3.8) is 0 Å². The second-order valence-corrected chi connectivity index (χ2v) is 8.40. The fraction of sp³-hybridized carbons (Fsp3) is 0.733. The van der Waals surface area contributed by atoms with Crippen molar-refractivity contribution in [3.8, 4) is 0 Å². The monoisotopic (exact) mass is 373 g/mol. The van der Waals surface area contributed by atoms with E-state index in [0.717, 1.165) is 5.56 Å². The van der Waals surface area contributed by atoms with E-state index in [9.17, 15) is 13.2 Å². The van der Waals surface area contributed by atoms with Gasteiger partial charge in [0.2, 0.25) is 5.91 Å². The summed E-state index contributed by atoms with van der Waals surface area (Å²) in [4.78, 5) is 12.0. The van der Waals surface area contributed by atoms with Gasteiger partial charge in [0.25, 0.3) is 10.2 Å². The van der Waals surface area contributed by atoms with Crippen LogP contribution in [0.5, 0.6) is 0 Å². The summed E-state index contributed by atoms with van der Waals surface area (Å²) >= 11 is 0. The highest BCUT2D eigenvalue weighted by Gasteiger charge is 2.32. The number of amides is 1. The van der Waals surface area contributed by atoms with Gasteiger partial charge < -0.3 is 10.1 Å². The number of nitrogens with zero attached hydrogens (tertiary/aromatic N) is 4. The third kappa shape index (κ3) is 5.50. The lowest BCUT2D eigenvalue weighted by Gasteiger charge is -2.34. The Bertz CT molecular complexity index is 667. The van der Waals surface area contributed by atoms with Crippen LogP contribution in [0.4, 0.5) is 0 Å². The van der Waals surface area contributed by atoms with E-state index in [1.807, 2.05) is 6.92 Å². The third-order valence-electron chi connectivity index (χ3n) is 4.08. The smallest absolute Gasteiger partial charge is 0.281 e. The Balaban J connectivity index is 1.91. The Hall–Kier alpha value is -1.49. The molecule has 1 saturated heterocycles. The number of carbonyl (C=O) groups is 1. The first-order valence-electron chi connectivity index (χ1n) is 8.33. The number of aromatic nitrogens is 2. The molecule has 1 amide bonds. The van der Waals surface area contributed by atoms with Crippen LogP contribution < -0.4 is 5.32 Å². The average Bonchev–Trinajstić information content (AvgIpc) is 2.97. The summed E-state index contributed by atoms with van der Waals surface area (Å²) in [6, 6.07) is -0.105. The minimum absolute atomic E-state index is 0.105. The molecule has 1 aromatic heterocycles. The van der Waals surface area contributed by atoms with Gasteiger partial charge in [0.15, 0.2) is 0 Å². The fourth-order valence-electron chi connectivity index (χ4n) is 2.73. The van der Waals surface area contributed by atoms with Gasteiger partial charge in [0.05, 0.1) is 6.20 Å². The van der Waals surface area contributed by atoms with Gasteiger partial charge in [-0.25, -0.2) is 0 Å². The van der Waals surface area contributed by atoms with Gasteiger partial charge in [-0.2, -0.15) is 22.1 Å². The van der Waals surface area contributed by atoms with E-state index in [1.54, 1.807) is 17.1 Å². The SMILES string of the molecule is Cc1cnn(CC(=O)NCCN(C2CCOCC2)S(=O)(=O)N(C)C)c1. The van der Waals surface area contributed by atoms with Gasteiger partial charge in [-0.1, -0.05) is 0 Å². The minimum atomic E-state index is -3.55. The lowest BCUT2D eigenvalue weighted by molar-refractivity contribution is -0.121. The average molecular weight is 373 g/mol. The summed E-state index contributed by atoms with van der Waals surface area (Å²) in [5, 5.41) is 6.83. The molecule has 1 aliphatic heterocycles. The summed E-state index contributed by atoms with van der Waals surface area (Å²) in [5.41, 5.74) is 0.982. The van der Waals surface area contributed by atoms with Gasteiger partial charge in [0.1, 0.15) is 6.54 Å². The van der Waals surface area contributed by atoms with Crippen LogP contribution in [0.15, 0.2) is 12.4 Å². The van der Waals surface area contributed by atoms with Crippen molar-refractivity contribution in [2.24, 2.45) is 0 Å². The lowest BCUT2D eigenvalue weighted by Crippen LogP contribution is -2.50. The van der Waals surface area contributed by atoms with Crippen LogP contribution in [0.25, 0.3) is 0 Å². The first kappa shape index (κ1) is 19.8. The van der Waals surface area contributed by atoms with Crippen LogP contribution in [0.3, 0.4) is 0 Å². The van der Waals surface area contributed by atoms with E-state index >= 15 is 0 Å². The van der Waals surface area contributed by atoms with Crippen molar-refractivity contribution in [1.82, 2.24) is 23.7 Å². The van der Waals surface area contributed by atoms with E-state index in [4.69, 9.17) is 4.74 Å². The Kier molecular flexibility index (Phi) is 6.94. The summed E-state index contributed by atoms with van der Waals surface area (Å²) in [5.74, 6) is -0.197. The maximum absolute atomic E-state index is 12.6. The second-order valence-electron chi connectivity index (χ2n) is 6.31. The second kappa shape index (κ2) is 8.75. The van der Waals surface area contributed by atoms with Crippen molar-refractivity contribution in [2.75, 3.05) is 40.4 Å². The van der Waals surface area contributed by atoms with E-state index in [2.05, 4.69) is 10.4 Å². The van der Waals surface area contributed by atoms with E-state index in [1.165, 1.54) is 22.7 Å². The van der Waals surface area contributed by atoms with Crippen molar-refractivity contribution >= 4 is 16.1 Å². The van der Waals surface area contributed by atoms with E-state index in [0.29, 0.717) is 26.1 Å². The summed E-state index contributed by atoms with van der Waals surface area (Å²) in [6.07, 6.45) is 4.79. The van der Waals surface area contributed by atoms with Crippen LogP contribution in [-0.4, -0.2) is 79.2 Å². The number of aryl methyl sites for hydroxylation is 1. The van der Waals surface area contributed by atoms with Gasteiger partial charge in [-0.3, -0.25) is 9.48 Å². The van der Waals surface area contributed by atoms with Crippen LogP contribution >= 0.6 is 0 Å². The predicted molar refractivity (Wildman–Crippen MR) is 93.1 cm³/mol. The molecule has 0 spiro atoms. The standard InChI is InChI=1S/C15H27N5O4S/c1-13-10-17-19(11-13)12-15(21)16-6-7-20(25(22,23)18(2)3)14-4-8-24-9-5-14/h10-11,14H,4-9,12H2,1-3H3,(H,16,21). The van der Waals surface area contributed by atoms with Crippen molar-refractivity contribution in [2.45, 2.75) is 32.4 Å². The molecule has 1 N–H and O–H groups in total. The number of ether oxygens (including phenoxy) is 1. The molecule has 0 bridgehead atoms. The van der Waals surface area contributed by atoms with Crippen LogP contribution in [0.1, 0.15) is 18.4 Å². The maximum atomic E-state index is 12.6. The summed E-state index contributed by atoms with van der Waals surface area (Å²) in [7, 11) is -0.522. The molecule has 0 aliphatic carbocycles. The van der Waals surface area contributed by atoms with Gasteiger partial charge in [0, 0.05) is 52.6 Å². The quantitative estimate of drug-likeness (QED) is 0.669. The van der Waals surface area contributed by atoms with Crippen molar-refractivity contribution in [1.29, 1.82) is 0 Å². The number of hydrogen-bond acceptors (Lipinski definition) is 5. The lowest BCUT2D eigenvalue weighted by atomic mass is 10.1. The number of hydrogen-bond donors (Lipinski definition) is 1. The molecule has 2 heterocycles. The summed E-state index contributed by atoms with van der Waals surface area (Å²) < 4.78 is 34.7. The van der Waals surface area contributed by atoms with E-state index < -0.39 is 10.2 Å². The fourth-order valence-corrected chi connectivity index (χ4v) is 4.06. The molecule has 0 unspecified atom stereocenters. The zero-order valence-corrected chi connectivity index (χ0v) is 15.8. The molecular weight excluding hydrogens is 346 g/mol. The molecular formula is C15H27N5O4S. The topological polar surface area (TPSA) is 96.8 Å². The normalized spacial score (nSPS) is 16.5. The first-order valence-corrected chi connectivity index (χ1v) is 9.73. The zero-order valence-electron chi connectivity index (χ0n) is 15.0. The molecule has 0 aromatic carbocycles. The third-order valence-corrected chi connectivity index (χ3v) is 6.07. The number of carbonyl (C=O) groups excluding carboxylic acids is 1. The number of nitrogens with one attached hydrogen (secondary N) is 1. The minimum Gasteiger partial charge on any atom is -0.381 e. The Morgan fingerprint density at radius 1 is 1.40 bits per heavy atom. The van der Waals surface area contributed by atoms with Gasteiger partial charge in [-0.05, 0) is 25.3 Å². The summed E-state index contributed by atoms with van der Waals surface area (Å²) in [6.45, 7) is 3.60. The Morgan fingerprint density at radius 3 is 2.64 bits per heavy atom. The molecule has 1 fully saturated rings. The predicted octanol–water partition coefficient (Wildman–Crippen LogP) is -0.405. The van der Waals surface area contributed by atoms with Crippen molar-refractivity contribution < 1.29 is 17.9 Å². The number of rotatable bonds is 8. The Morgan fingerprint density at radius 2 is 2.08 bits per heavy atom. The van der Waals surface area contributed by atoms with E-state index in [-0.39, 0.29) is 31.6 Å². The van der Waals surface area contributed by atoms with Crippen LogP contribution in [0, 0.1) is 6.92 Å². The molecule has 1 aliphatic rings. The highest BCUT2D eigenvalue weighted by Crippen LogP contribution is 2.18. The van der Waals surface area contributed by atoms with Crippen LogP contribution in [0.2, 0.25) is 0 Å². The molecule has 0 saturated carbocycles.